The van der Waals surface area contributed by atoms with E-state index in [9.17, 15) is 19.2 Å². The normalized spacial score (nSPS) is 15.6. The van der Waals surface area contributed by atoms with Crippen molar-refractivity contribution in [2.45, 2.75) is 250 Å². The fourth-order valence-corrected chi connectivity index (χ4v) is 10.00. The zero-order chi connectivity index (χ0) is 57.4. The van der Waals surface area contributed by atoms with E-state index in [1.54, 1.807) is 14.2 Å². The lowest BCUT2D eigenvalue weighted by atomic mass is 9.84. The third-order valence-corrected chi connectivity index (χ3v) is 16.8. The van der Waals surface area contributed by atoms with E-state index in [4.69, 9.17) is 28.4 Å². The van der Waals surface area contributed by atoms with Gasteiger partial charge < -0.3 is 28.4 Å². The van der Waals surface area contributed by atoms with Crippen LogP contribution in [0.15, 0.2) is 103 Å². The second kappa shape index (κ2) is 39.5. The first-order valence-corrected chi connectivity index (χ1v) is 29.2. The lowest BCUT2D eigenvalue weighted by molar-refractivity contribution is -0.161. The van der Waals surface area contributed by atoms with Gasteiger partial charge in [-0.05, 0) is 199 Å². The average Bonchev–Trinajstić information content (AvgIpc) is 3.94. The Labute approximate surface area is 531 Å². The first kappa shape index (κ1) is 84.8. The van der Waals surface area contributed by atoms with Crippen LogP contribution in [0, 0.1) is 22.7 Å². The van der Waals surface area contributed by atoms with Crippen molar-refractivity contribution in [2.75, 3.05) is 14.2 Å². The SMILES string of the molecule is C.C.C.C.C.C.C.C.CCC(C)(C)C(=O)OC(C)c1ccc2c(c1)CCCC2.CCC(C)(C)C(=O)OC1CCCc2cc(OC)ccc21.CCC(C)C(=O)OC1CCc2cc(OC)ccc21.CCC(C)C(=O)OC1c2ccccc2Cc2ccccc21. The number of methoxy groups -OCH3 is 2. The molecule has 0 bridgehead atoms. The van der Waals surface area contributed by atoms with Crippen LogP contribution in [0.25, 0.3) is 0 Å². The Morgan fingerprint density at radius 1 is 0.460 bits per heavy atom. The second-order valence-corrected chi connectivity index (χ2v) is 23.1. The molecule has 4 aliphatic carbocycles. The molecule has 87 heavy (non-hydrogen) atoms. The molecule has 9 rings (SSSR count). The number of carbonyl (C=O) groups excluding carboxylic acids is 4. The molecule has 0 amide bonds. The molecule has 0 N–H and O–H groups in total. The molecule has 0 saturated heterocycles. The van der Waals surface area contributed by atoms with Crippen LogP contribution >= 0.6 is 0 Å². The van der Waals surface area contributed by atoms with Gasteiger partial charge in [0.05, 0.1) is 36.9 Å². The third kappa shape index (κ3) is 22.3. The summed E-state index contributed by atoms with van der Waals surface area (Å²) in [4.78, 5) is 48.5. The standard InChI is InChI=1S/C19H20O2.C18H26O2.C17H24O3.C15H20O3.8CH4/c1-3-13(2)19(20)21-18-16-10-6-4-8-14(16)12-15-9-5-7-11-17(15)18;1-5-18(3,4)17(19)20-13(2)15-11-10-14-8-6-7-9-16(14)12-15;1-5-17(2,3)16(18)20-15-8-6-7-12-11-13(19-4)9-10-14(12)15;1-4-10(2)15(16)18-14-8-5-11-9-12(17-3)6-7-13(11)14;;;;;;;;/h4-11,13,18H,3,12H2,1-2H3;10-13H,5-9H2,1-4H3;9-11,15H,5-8H2,1-4H3;6-7,9-10,14H,4-5,8H2,1-3H3;8*1H4. The molecule has 4 aliphatic rings. The maximum atomic E-state index is 12.3. The summed E-state index contributed by atoms with van der Waals surface area (Å²) >= 11 is 0. The molecule has 5 atom stereocenters. The number of esters is 4. The Morgan fingerprint density at radius 3 is 1.40 bits per heavy atom. The van der Waals surface area contributed by atoms with Gasteiger partial charge in [-0.15, -0.1) is 0 Å². The van der Waals surface area contributed by atoms with Crippen molar-refractivity contribution in [1.82, 2.24) is 0 Å². The van der Waals surface area contributed by atoms with Crippen LogP contribution in [-0.4, -0.2) is 38.1 Å². The molecule has 0 fully saturated rings. The molecule has 490 valence electrons. The number of aryl methyl sites for hydroxylation is 4. The van der Waals surface area contributed by atoms with Gasteiger partial charge in [-0.3, -0.25) is 19.2 Å². The van der Waals surface area contributed by atoms with Crippen LogP contribution in [0.1, 0.15) is 279 Å². The molecule has 5 unspecified atom stereocenters. The quantitative estimate of drug-likeness (QED) is 0.0739. The summed E-state index contributed by atoms with van der Waals surface area (Å²) < 4.78 is 33.3. The van der Waals surface area contributed by atoms with Gasteiger partial charge in [-0.1, -0.05) is 180 Å². The summed E-state index contributed by atoms with van der Waals surface area (Å²) in [5, 5.41) is 0. The summed E-state index contributed by atoms with van der Waals surface area (Å²) in [6.45, 7) is 21.6. The van der Waals surface area contributed by atoms with E-state index in [1.807, 2.05) is 131 Å². The number of hydrogen-bond donors (Lipinski definition) is 0. The molecule has 0 spiro atoms. The lowest BCUT2D eigenvalue weighted by Gasteiger charge is -2.29. The minimum absolute atomic E-state index is 0. The predicted molar refractivity (Wildman–Crippen MR) is 367 cm³/mol. The van der Waals surface area contributed by atoms with E-state index in [0.717, 1.165) is 110 Å². The van der Waals surface area contributed by atoms with Gasteiger partial charge in [0.25, 0.3) is 0 Å². The van der Waals surface area contributed by atoms with Crippen LogP contribution < -0.4 is 9.47 Å². The van der Waals surface area contributed by atoms with Crippen molar-refractivity contribution in [2.24, 2.45) is 22.7 Å². The third-order valence-electron chi connectivity index (χ3n) is 16.8. The highest BCUT2D eigenvalue weighted by Crippen LogP contribution is 2.40. The molecular formula is C77H122O10. The highest BCUT2D eigenvalue weighted by Gasteiger charge is 2.34. The average molecular weight is 1210 g/mol. The topological polar surface area (TPSA) is 124 Å². The molecule has 0 aliphatic heterocycles. The number of carbonyl (C=O) groups is 4. The van der Waals surface area contributed by atoms with E-state index < -0.39 is 10.8 Å². The van der Waals surface area contributed by atoms with Crippen LogP contribution in [0.5, 0.6) is 11.5 Å². The maximum Gasteiger partial charge on any atom is 0.312 e. The Balaban J connectivity index is -0.00000105. The van der Waals surface area contributed by atoms with Crippen molar-refractivity contribution in [3.63, 3.8) is 0 Å². The van der Waals surface area contributed by atoms with Crippen LogP contribution in [0.2, 0.25) is 0 Å². The van der Waals surface area contributed by atoms with Gasteiger partial charge in [-0.2, -0.15) is 0 Å². The minimum Gasteiger partial charge on any atom is -0.497 e. The summed E-state index contributed by atoms with van der Waals surface area (Å²) in [7, 11) is 3.34. The number of rotatable bonds is 15. The Morgan fingerprint density at radius 2 is 0.908 bits per heavy atom. The first-order valence-electron chi connectivity index (χ1n) is 29.2. The van der Waals surface area contributed by atoms with Gasteiger partial charge in [0.15, 0.2) is 6.10 Å². The van der Waals surface area contributed by atoms with Crippen LogP contribution in [0.3, 0.4) is 0 Å². The first-order chi connectivity index (χ1) is 37.8. The molecule has 0 aromatic heterocycles. The Hall–Kier alpha value is -6.42. The summed E-state index contributed by atoms with van der Waals surface area (Å²) in [6, 6.07) is 35.0. The summed E-state index contributed by atoms with van der Waals surface area (Å²) in [5.74, 6) is 1.23. The van der Waals surface area contributed by atoms with E-state index in [1.165, 1.54) is 52.6 Å². The van der Waals surface area contributed by atoms with Crippen LogP contribution in [-0.2, 0) is 70.2 Å². The lowest BCUT2D eigenvalue weighted by Crippen LogP contribution is -2.28. The van der Waals surface area contributed by atoms with Gasteiger partial charge >= 0.3 is 23.9 Å². The van der Waals surface area contributed by atoms with E-state index in [2.05, 4.69) is 48.5 Å². The molecule has 0 heterocycles. The molecular weight excluding hydrogens is 1080 g/mol. The van der Waals surface area contributed by atoms with Crippen molar-refractivity contribution in [3.8, 4) is 11.5 Å². The zero-order valence-corrected chi connectivity index (χ0v) is 49.8. The van der Waals surface area contributed by atoms with Gasteiger partial charge in [0, 0.05) is 11.1 Å². The van der Waals surface area contributed by atoms with Crippen molar-refractivity contribution in [3.05, 3.63) is 164 Å². The Bertz CT molecular complexity index is 2800. The second-order valence-electron chi connectivity index (χ2n) is 23.1. The smallest absolute Gasteiger partial charge is 0.312 e. The maximum absolute atomic E-state index is 12.3. The highest BCUT2D eigenvalue weighted by molar-refractivity contribution is 5.77. The van der Waals surface area contributed by atoms with Gasteiger partial charge in [0.2, 0.25) is 0 Å². The van der Waals surface area contributed by atoms with Crippen molar-refractivity contribution >= 4 is 23.9 Å². The fraction of sp³-hybridized carbons (Fsp3) is 0.558. The van der Waals surface area contributed by atoms with Crippen LogP contribution in [0.4, 0.5) is 0 Å². The number of hydrogen-bond acceptors (Lipinski definition) is 10. The van der Waals surface area contributed by atoms with Gasteiger partial charge in [-0.25, -0.2) is 0 Å². The van der Waals surface area contributed by atoms with Crippen molar-refractivity contribution < 1.29 is 47.6 Å². The minimum atomic E-state index is -0.413. The summed E-state index contributed by atoms with van der Waals surface area (Å²) in [5.41, 5.74) is 12.7. The van der Waals surface area contributed by atoms with Crippen molar-refractivity contribution in [1.29, 1.82) is 0 Å². The number of benzene rings is 5. The van der Waals surface area contributed by atoms with E-state index in [0.29, 0.717) is 0 Å². The molecule has 5 aromatic rings. The largest absolute Gasteiger partial charge is 0.497 e. The zero-order valence-electron chi connectivity index (χ0n) is 49.8. The molecule has 10 heteroatoms. The molecule has 0 radical (unpaired) electrons. The molecule has 0 saturated carbocycles. The molecule has 5 aromatic carbocycles. The van der Waals surface area contributed by atoms with E-state index in [-0.39, 0.29) is 120 Å². The molecule has 10 nitrogen and oxygen atoms in total. The predicted octanol–water partition coefficient (Wildman–Crippen LogP) is 21.3. The van der Waals surface area contributed by atoms with Gasteiger partial charge in [0.1, 0.15) is 29.8 Å². The number of ether oxygens (including phenoxy) is 6. The highest BCUT2D eigenvalue weighted by atomic mass is 16.6. The fourth-order valence-electron chi connectivity index (χ4n) is 10.00. The monoisotopic (exact) mass is 1210 g/mol. The number of fused-ring (bicyclic) bond motifs is 5. The summed E-state index contributed by atoms with van der Waals surface area (Å²) in [6.07, 6.45) is 13.2. The van der Waals surface area contributed by atoms with E-state index >= 15 is 0 Å². The Kier molecular flexibility index (Phi) is 38.5.